The normalized spacial score (nSPS) is 11.8. The van der Waals surface area contributed by atoms with Crippen LogP contribution in [0.2, 0.25) is 0 Å². The number of aromatic nitrogens is 4. The van der Waals surface area contributed by atoms with Gasteiger partial charge in [-0.3, -0.25) is 4.79 Å². The second-order valence-electron chi connectivity index (χ2n) is 4.40. The van der Waals surface area contributed by atoms with E-state index in [1.54, 1.807) is 46.4 Å². The van der Waals surface area contributed by atoms with E-state index in [0.717, 1.165) is 0 Å². The quantitative estimate of drug-likeness (QED) is 0.802. The van der Waals surface area contributed by atoms with Crippen LogP contribution >= 0.6 is 11.8 Å². The molecule has 9 heteroatoms. The summed E-state index contributed by atoms with van der Waals surface area (Å²) >= 11 is 1.27. The first-order valence-corrected chi connectivity index (χ1v) is 7.35. The van der Waals surface area contributed by atoms with E-state index >= 15 is 0 Å². The zero-order valence-corrected chi connectivity index (χ0v) is 13.5. The maximum atomic E-state index is 12.3. The van der Waals surface area contributed by atoms with Gasteiger partial charge < -0.3 is 14.8 Å². The van der Waals surface area contributed by atoms with Gasteiger partial charge >= 0.3 is 0 Å². The number of anilines is 1. The number of benzene rings is 1. The average molecular weight is 323 g/mol. The third kappa shape index (κ3) is 3.67. The van der Waals surface area contributed by atoms with Gasteiger partial charge in [-0.2, -0.15) is 0 Å². The van der Waals surface area contributed by atoms with Crippen LogP contribution in [0.4, 0.5) is 5.69 Å². The van der Waals surface area contributed by atoms with Crippen molar-refractivity contribution in [3.63, 3.8) is 0 Å². The summed E-state index contributed by atoms with van der Waals surface area (Å²) in [6.45, 7) is 1.78. The molecule has 1 N–H and O–H groups in total. The Balaban J connectivity index is 2.09. The molecule has 0 aliphatic rings. The first-order valence-electron chi connectivity index (χ1n) is 6.47. The second kappa shape index (κ2) is 7.12. The van der Waals surface area contributed by atoms with E-state index in [4.69, 9.17) is 9.47 Å². The number of carbonyl (C=O) groups excluding carboxylic acids is 1. The topological polar surface area (TPSA) is 91.2 Å². The van der Waals surface area contributed by atoms with Crippen molar-refractivity contribution in [1.82, 2.24) is 20.2 Å². The molecule has 0 saturated carbocycles. The van der Waals surface area contributed by atoms with Gasteiger partial charge in [-0.15, -0.1) is 5.10 Å². The lowest BCUT2D eigenvalue weighted by Gasteiger charge is -2.14. The SMILES string of the molecule is COc1ccc(OC)c(NC(=O)C(C)Sc2nnnn2C)c1. The predicted molar refractivity (Wildman–Crippen MR) is 82.3 cm³/mol. The molecular formula is C13H17N5O3S. The Morgan fingerprint density at radius 1 is 1.36 bits per heavy atom. The fourth-order valence-electron chi connectivity index (χ4n) is 1.68. The number of nitrogens with one attached hydrogen (secondary N) is 1. The number of ether oxygens (including phenoxy) is 2. The van der Waals surface area contributed by atoms with E-state index in [0.29, 0.717) is 22.3 Å². The molecule has 0 fully saturated rings. The number of thioether (sulfide) groups is 1. The van der Waals surface area contributed by atoms with Gasteiger partial charge in [-0.05, 0) is 29.5 Å². The van der Waals surface area contributed by atoms with Gasteiger partial charge in [0, 0.05) is 13.1 Å². The highest BCUT2D eigenvalue weighted by Crippen LogP contribution is 2.30. The maximum Gasteiger partial charge on any atom is 0.237 e. The van der Waals surface area contributed by atoms with Crippen molar-refractivity contribution in [2.75, 3.05) is 19.5 Å². The molecule has 118 valence electrons. The van der Waals surface area contributed by atoms with E-state index in [1.165, 1.54) is 16.4 Å². The molecular weight excluding hydrogens is 306 g/mol. The fraction of sp³-hybridized carbons (Fsp3) is 0.385. The van der Waals surface area contributed by atoms with Crippen LogP contribution in [-0.2, 0) is 11.8 Å². The predicted octanol–water partition coefficient (Wildman–Crippen LogP) is 1.35. The molecule has 1 aromatic heterocycles. The zero-order valence-electron chi connectivity index (χ0n) is 12.7. The standard InChI is InChI=1S/C13H17N5O3S/c1-8(22-13-15-16-17-18(13)2)12(19)14-10-7-9(20-3)5-6-11(10)21-4/h5-8H,1-4H3,(H,14,19). The molecule has 0 radical (unpaired) electrons. The van der Waals surface area contributed by atoms with Gasteiger partial charge in [0.1, 0.15) is 11.5 Å². The van der Waals surface area contributed by atoms with Crippen molar-refractivity contribution in [3.05, 3.63) is 18.2 Å². The van der Waals surface area contributed by atoms with E-state index in [2.05, 4.69) is 20.8 Å². The Labute approximate surface area is 132 Å². The van der Waals surface area contributed by atoms with Crippen LogP contribution in [-0.4, -0.2) is 45.6 Å². The number of aryl methyl sites for hydroxylation is 1. The Kier molecular flexibility index (Phi) is 5.21. The number of methoxy groups -OCH3 is 2. The van der Waals surface area contributed by atoms with Crippen LogP contribution < -0.4 is 14.8 Å². The Morgan fingerprint density at radius 2 is 2.14 bits per heavy atom. The van der Waals surface area contributed by atoms with Crippen molar-refractivity contribution in [2.24, 2.45) is 7.05 Å². The molecule has 0 spiro atoms. The summed E-state index contributed by atoms with van der Waals surface area (Å²) in [5.41, 5.74) is 0.551. The highest BCUT2D eigenvalue weighted by molar-refractivity contribution is 8.00. The first-order chi connectivity index (χ1) is 10.5. The van der Waals surface area contributed by atoms with Gasteiger partial charge in [0.15, 0.2) is 0 Å². The number of rotatable bonds is 6. The lowest BCUT2D eigenvalue weighted by molar-refractivity contribution is -0.115. The first kappa shape index (κ1) is 16.1. The van der Waals surface area contributed by atoms with Crippen LogP contribution in [0.3, 0.4) is 0 Å². The van der Waals surface area contributed by atoms with Crippen LogP contribution in [0.25, 0.3) is 0 Å². The van der Waals surface area contributed by atoms with E-state index in [9.17, 15) is 4.79 Å². The highest BCUT2D eigenvalue weighted by atomic mass is 32.2. The number of tetrazole rings is 1. The van der Waals surface area contributed by atoms with Gasteiger partial charge in [0.2, 0.25) is 11.1 Å². The lowest BCUT2D eigenvalue weighted by atomic mass is 10.2. The third-order valence-electron chi connectivity index (χ3n) is 2.90. The summed E-state index contributed by atoms with van der Waals surface area (Å²) in [4.78, 5) is 12.3. The van der Waals surface area contributed by atoms with Crippen LogP contribution in [0.5, 0.6) is 11.5 Å². The van der Waals surface area contributed by atoms with Gasteiger partial charge in [0.05, 0.1) is 25.2 Å². The van der Waals surface area contributed by atoms with Crippen molar-refractivity contribution in [3.8, 4) is 11.5 Å². The molecule has 1 amide bonds. The minimum absolute atomic E-state index is 0.181. The number of amides is 1. The van der Waals surface area contributed by atoms with E-state index < -0.39 is 0 Å². The maximum absolute atomic E-state index is 12.3. The van der Waals surface area contributed by atoms with Crippen LogP contribution in [0, 0.1) is 0 Å². The highest BCUT2D eigenvalue weighted by Gasteiger charge is 2.19. The summed E-state index contributed by atoms with van der Waals surface area (Å²) in [6.07, 6.45) is 0. The zero-order chi connectivity index (χ0) is 16.1. The Hall–Kier alpha value is -2.29. The number of hydrogen-bond donors (Lipinski definition) is 1. The lowest BCUT2D eigenvalue weighted by Crippen LogP contribution is -2.23. The van der Waals surface area contributed by atoms with Crippen LogP contribution in [0.15, 0.2) is 23.4 Å². The van der Waals surface area contributed by atoms with Crippen molar-refractivity contribution in [1.29, 1.82) is 0 Å². The molecule has 0 saturated heterocycles. The Bertz CT molecular complexity index is 661. The molecule has 0 aliphatic carbocycles. The summed E-state index contributed by atoms with van der Waals surface area (Å²) < 4.78 is 11.9. The van der Waals surface area contributed by atoms with Crippen molar-refractivity contribution in [2.45, 2.75) is 17.3 Å². The molecule has 8 nitrogen and oxygen atoms in total. The second-order valence-corrected chi connectivity index (χ2v) is 5.71. The van der Waals surface area contributed by atoms with Crippen LogP contribution in [0.1, 0.15) is 6.92 Å². The summed E-state index contributed by atoms with van der Waals surface area (Å²) in [5.74, 6) is 1.01. The summed E-state index contributed by atoms with van der Waals surface area (Å²) in [6, 6.07) is 5.20. The summed E-state index contributed by atoms with van der Waals surface area (Å²) in [7, 11) is 4.83. The Morgan fingerprint density at radius 3 is 2.73 bits per heavy atom. The minimum Gasteiger partial charge on any atom is -0.497 e. The van der Waals surface area contributed by atoms with E-state index in [1.807, 2.05) is 0 Å². The third-order valence-corrected chi connectivity index (χ3v) is 4.02. The largest absolute Gasteiger partial charge is 0.497 e. The molecule has 1 heterocycles. The minimum atomic E-state index is -0.374. The molecule has 22 heavy (non-hydrogen) atoms. The monoisotopic (exact) mass is 323 g/mol. The van der Waals surface area contributed by atoms with Gasteiger partial charge in [-0.1, -0.05) is 11.8 Å². The molecule has 1 aromatic carbocycles. The van der Waals surface area contributed by atoms with Crippen molar-refractivity contribution < 1.29 is 14.3 Å². The van der Waals surface area contributed by atoms with Gasteiger partial charge in [-0.25, -0.2) is 4.68 Å². The molecule has 1 atom stereocenters. The molecule has 1 unspecified atom stereocenters. The van der Waals surface area contributed by atoms with E-state index in [-0.39, 0.29) is 11.2 Å². The number of hydrogen-bond acceptors (Lipinski definition) is 7. The molecule has 2 rings (SSSR count). The molecule has 0 bridgehead atoms. The molecule has 2 aromatic rings. The smallest absolute Gasteiger partial charge is 0.237 e. The average Bonchev–Trinajstić information content (AvgIpc) is 2.92. The fourth-order valence-corrected chi connectivity index (χ4v) is 2.43. The number of nitrogens with zero attached hydrogens (tertiary/aromatic N) is 4. The summed E-state index contributed by atoms with van der Waals surface area (Å²) in [5, 5.41) is 14.1. The molecule has 0 aliphatic heterocycles. The number of carbonyl (C=O) groups is 1. The van der Waals surface area contributed by atoms with Crippen molar-refractivity contribution >= 4 is 23.4 Å². The van der Waals surface area contributed by atoms with Gasteiger partial charge in [0.25, 0.3) is 0 Å².